The number of esters is 1. The van der Waals surface area contributed by atoms with Crippen LogP contribution in [0.15, 0.2) is 54.7 Å². The zero-order chi connectivity index (χ0) is 38.5. The molecule has 17 heteroatoms. The van der Waals surface area contributed by atoms with Gasteiger partial charge in [0.1, 0.15) is 23.5 Å². The maximum Gasteiger partial charge on any atom is 0.332 e. The number of aromatic nitrogens is 1. The monoisotopic (exact) mass is 742 g/mol. The van der Waals surface area contributed by atoms with E-state index in [0.717, 1.165) is 4.90 Å². The average Bonchev–Trinajstić information content (AvgIpc) is 3.07. The van der Waals surface area contributed by atoms with Gasteiger partial charge < -0.3 is 20.3 Å². The van der Waals surface area contributed by atoms with Gasteiger partial charge in [-0.05, 0) is 47.9 Å². The molecule has 0 saturated carbocycles. The third-order valence-electron chi connectivity index (χ3n) is 7.75. The molecule has 14 nitrogen and oxygen atoms in total. The number of nitrogens with zero attached hydrogens (tertiary/aromatic N) is 4. The van der Waals surface area contributed by atoms with Crippen molar-refractivity contribution in [3.05, 3.63) is 77.5 Å². The second-order valence-electron chi connectivity index (χ2n) is 13.5. The van der Waals surface area contributed by atoms with Gasteiger partial charge in [-0.3, -0.25) is 18.9 Å². The first-order valence-corrected chi connectivity index (χ1v) is 17.3. The van der Waals surface area contributed by atoms with E-state index in [0.29, 0.717) is 27.7 Å². The van der Waals surface area contributed by atoms with E-state index in [1.807, 2.05) is 0 Å². The molecule has 3 N–H and O–H groups in total. The Kier molecular flexibility index (Phi) is 12.4. The van der Waals surface area contributed by atoms with Crippen LogP contribution in [0.2, 0.25) is 0 Å². The smallest absolute Gasteiger partial charge is 0.332 e. The maximum absolute atomic E-state index is 15.5. The van der Waals surface area contributed by atoms with E-state index >= 15 is 8.78 Å². The Balaban J connectivity index is 1.56. The highest BCUT2D eigenvalue weighted by molar-refractivity contribution is 7.81. The number of carbonyl (C=O) groups is 5. The number of ether oxygens (including phenoxy) is 1. The van der Waals surface area contributed by atoms with Crippen LogP contribution in [0, 0.1) is 23.0 Å². The summed E-state index contributed by atoms with van der Waals surface area (Å²) in [6.45, 7) is 9.02. The third kappa shape index (κ3) is 9.52. The number of imide groups is 1. The summed E-state index contributed by atoms with van der Waals surface area (Å²) in [6.07, 6.45) is 1.22. The van der Waals surface area contributed by atoms with E-state index in [1.165, 1.54) is 47.5 Å². The van der Waals surface area contributed by atoms with Crippen molar-refractivity contribution in [2.75, 3.05) is 34.7 Å². The van der Waals surface area contributed by atoms with Crippen LogP contribution in [-0.2, 0) is 36.8 Å². The first-order chi connectivity index (χ1) is 24.4. The number of benzene rings is 2. The number of amides is 5. The Bertz CT molecular complexity index is 1870. The number of rotatable bonds is 12. The molecule has 1 aromatic heterocycles. The number of urea groups is 1. The quantitative estimate of drug-likeness (QED) is 0.171. The minimum absolute atomic E-state index is 0.00481. The number of nitrogens with one attached hydrogen (secondary N) is 2. The topological polar surface area (TPSA) is 179 Å². The number of pyridine rings is 1. The van der Waals surface area contributed by atoms with E-state index in [2.05, 4.69) is 15.6 Å². The second kappa shape index (κ2) is 16.4. The van der Waals surface area contributed by atoms with Gasteiger partial charge in [0, 0.05) is 49.8 Å². The zero-order valence-electron chi connectivity index (χ0n) is 29.4. The molecule has 1 saturated heterocycles. The molecular formula is C35H40F2N6O8S. The Morgan fingerprint density at radius 1 is 1.06 bits per heavy atom. The lowest BCUT2D eigenvalue weighted by molar-refractivity contribution is -0.147. The minimum Gasteiger partial charge on any atom is -0.464 e. The number of halogens is 2. The summed E-state index contributed by atoms with van der Waals surface area (Å²) in [7, 11) is 1.55. The van der Waals surface area contributed by atoms with Crippen LogP contribution in [0.5, 0.6) is 0 Å². The van der Waals surface area contributed by atoms with Gasteiger partial charge in [-0.15, -0.1) is 0 Å². The van der Waals surface area contributed by atoms with Crippen LogP contribution in [0.25, 0.3) is 0 Å². The summed E-state index contributed by atoms with van der Waals surface area (Å²) in [4.78, 5) is 70.2. The molecule has 4 rings (SSSR count). The number of hydrogen-bond acceptors (Lipinski definition) is 8. The predicted molar refractivity (Wildman–Crippen MR) is 189 cm³/mol. The Morgan fingerprint density at radius 3 is 2.31 bits per heavy atom. The Morgan fingerprint density at radius 2 is 1.73 bits per heavy atom. The number of carbonyl (C=O) groups excluding carboxylic acids is 5. The van der Waals surface area contributed by atoms with E-state index in [9.17, 15) is 32.7 Å². The summed E-state index contributed by atoms with van der Waals surface area (Å²) < 4.78 is 59.3. The molecule has 1 unspecified atom stereocenters. The van der Waals surface area contributed by atoms with Gasteiger partial charge in [-0.1, -0.05) is 40.7 Å². The summed E-state index contributed by atoms with van der Waals surface area (Å²) in [5.74, 6) is -5.25. The second-order valence-corrected chi connectivity index (χ2v) is 14.3. The van der Waals surface area contributed by atoms with Gasteiger partial charge in [0.05, 0.1) is 23.5 Å². The molecule has 0 radical (unpaired) electrons. The van der Waals surface area contributed by atoms with Crippen LogP contribution < -0.4 is 19.8 Å². The minimum atomic E-state index is -2.90. The molecule has 0 bridgehead atoms. The Hall–Kier alpha value is -5.29. The highest BCUT2D eigenvalue weighted by Gasteiger charge is 2.33. The lowest BCUT2D eigenvalue weighted by Crippen LogP contribution is -2.51. The molecule has 3 aromatic rings. The van der Waals surface area contributed by atoms with Gasteiger partial charge in [-0.25, -0.2) is 36.8 Å². The largest absolute Gasteiger partial charge is 0.464 e. The molecule has 0 spiro atoms. The van der Waals surface area contributed by atoms with E-state index < -0.39 is 69.4 Å². The molecule has 52 heavy (non-hydrogen) atoms. The summed E-state index contributed by atoms with van der Waals surface area (Å²) in [6, 6.07) is 7.54. The molecule has 2 aromatic carbocycles. The normalized spacial score (nSPS) is 14.6. The van der Waals surface area contributed by atoms with Crippen LogP contribution in [0.3, 0.4) is 0 Å². The molecule has 2 heterocycles. The Labute approximate surface area is 301 Å². The van der Waals surface area contributed by atoms with Crippen molar-refractivity contribution in [3.63, 3.8) is 0 Å². The average molecular weight is 743 g/mol. The molecule has 1 aliphatic heterocycles. The summed E-state index contributed by atoms with van der Waals surface area (Å²) in [5.41, 5.74) is -1.45. The number of hydrogen-bond donors (Lipinski definition) is 3. The SMILES string of the molecule is CC(C)COC(=O)[C@H](Cc1ccc(N2C(=O)CCN(C)C2=O)nc1)NC(=O)c1cc(F)c(N(c2ccc(NC(=O)C(C)(C)C)cc2)S(=O)O)cc1F. The highest BCUT2D eigenvalue weighted by atomic mass is 32.2. The molecule has 278 valence electrons. The van der Waals surface area contributed by atoms with E-state index in [-0.39, 0.29) is 49.3 Å². The van der Waals surface area contributed by atoms with Crippen molar-refractivity contribution in [1.29, 1.82) is 0 Å². The van der Waals surface area contributed by atoms with Gasteiger partial charge in [0.2, 0.25) is 11.8 Å². The fourth-order valence-electron chi connectivity index (χ4n) is 4.84. The van der Waals surface area contributed by atoms with Gasteiger partial charge in [-0.2, -0.15) is 0 Å². The van der Waals surface area contributed by atoms with Crippen LogP contribution >= 0.6 is 0 Å². The number of anilines is 4. The summed E-state index contributed by atoms with van der Waals surface area (Å²) in [5, 5.41) is 5.07. The fourth-order valence-corrected chi connectivity index (χ4v) is 5.45. The fraction of sp³-hybridized carbons (Fsp3) is 0.371. The lowest BCUT2D eigenvalue weighted by atomic mass is 9.95. The van der Waals surface area contributed by atoms with Crippen LogP contribution in [0.1, 0.15) is 57.0 Å². The molecule has 5 amide bonds. The first-order valence-electron chi connectivity index (χ1n) is 16.2. The van der Waals surface area contributed by atoms with Gasteiger partial charge >= 0.3 is 12.0 Å². The predicted octanol–water partition coefficient (Wildman–Crippen LogP) is 4.95. The van der Waals surface area contributed by atoms with E-state index in [4.69, 9.17) is 4.74 Å². The highest BCUT2D eigenvalue weighted by Crippen LogP contribution is 2.32. The zero-order valence-corrected chi connectivity index (χ0v) is 30.3. The first kappa shape index (κ1) is 39.5. The summed E-state index contributed by atoms with van der Waals surface area (Å²) >= 11 is -2.90. The van der Waals surface area contributed by atoms with Crippen LogP contribution in [0.4, 0.5) is 36.5 Å². The van der Waals surface area contributed by atoms with Crippen molar-refractivity contribution in [2.24, 2.45) is 11.3 Å². The van der Waals surface area contributed by atoms with Gasteiger partial charge in [0.15, 0.2) is 0 Å². The standard InChI is InChI=1S/C35H40F2N6O8S/c1-20(2)19-51-32(46)27(15-21-7-12-29(38-18-21)42-30(44)13-14-41(6)34(42)48)40-31(45)24-16-26(37)28(17-25(24)36)43(52(49)50)23-10-8-22(9-11-23)39-33(47)35(3,4)5/h7-12,16-18,20,27H,13-15,19H2,1-6H3,(H,39,47)(H,40,45)(H,49,50)/t27-/m0/s1. The molecular weight excluding hydrogens is 702 g/mol. The third-order valence-corrected chi connectivity index (χ3v) is 8.47. The van der Waals surface area contributed by atoms with Crippen LogP contribution in [-0.4, -0.2) is 74.6 Å². The molecule has 1 fully saturated rings. The molecule has 2 atom stereocenters. The van der Waals surface area contributed by atoms with Crippen molar-refractivity contribution in [3.8, 4) is 0 Å². The van der Waals surface area contributed by atoms with Gasteiger partial charge in [0.25, 0.3) is 17.2 Å². The van der Waals surface area contributed by atoms with Crippen molar-refractivity contribution < 1.29 is 46.3 Å². The lowest BCUT2D eigenvalue weighted by Gasteiger charge is -2.30. The molecule has 0 aliphatic carbocycles. The van der Waals surface area contributed by atoms with E-state index in [1.54, 1.807) is 41.7 Å². The van der Waals surface area contributed by atoms with Crippen molar-refractivity contribution in [2.45, 2.75) is 53.5 Å². The van der Waals surface area contributed by atoms with Crippen molar-refractivity contribution in [1.82, 2.24) is 15.2 Å². The maximum atomic E-state index is 15.5. The van der Waals surface area contributed by atoms with Crippen molar-refractivity contribution >= 4 is 63.9 Å². The molecule has 1 aliphatic rings.